The van der Waals surface area contributed by atoms with Crippen LogP contribution in [0.5, 0.6) is 11.5 Å². The number of likely N-dealkylation sites (tertiary alicyclic amines) is 1. The van der Waals surface area contributed by atoms with E-state index in [0.717, 1.165) is 0 Å². The molecule has 1 aromatic rings. The Morgan fingerprint density at radius 1 is 1.29 bits per heavy atom. The molecular formula is C18H27NO5. The summed E-state index contributed by atoms with van der Waals surface area (Å²) in [5, 5.41) is 10.8. The van der Waals surface area contributed by atoms with Gasteiger partial charge in [0.05, 0.1) is 20.3 Å². The first-order chi connectivity index (χ1) is 11.2. The van der Waals surface area contributed by atoms with Crippen molar-refractivity contribution in [1.29, 1.82) is 0 Å². The van der Waals surface area contributed by atoms with Crippen molar-refractivity contribution in [2.75, 3.05) is 27.3 Å². The third-order valence-electron chi connectivity index (χ3n) is 4.08. The smallest absolute Gasteiger partial charge is 0.410 e. The summed E-state index contributed by atoms with van der Waals surface area (Å²) in [5.41, 5.74) is 0.150. The van der Waals surface area contributed by atoms with Gasteiger partial charge in [0.2, 0.25) is 0 Å². The summed E-state index contributed by atoms with van der Waals surface area (Å²) in [6.07, 6.45) is -0.363. The van der Waals surface area contributed by atoms with Gasteiger partial charge in [0.1, 0.15) is 17.1 Å². The van der Waals surface area contributed by atoms with Gasteiger partial charge in [-0.25, -0.2) is 4.79 Å². The molecule has 2 unspecified atom stereocenters. The summed E-state index contributed by atoms with van der Waals surface area (Å²) in [5.74, 6) is 1.20. The van der Waals surface area contributed by atoms with Crippen molar-refractivity contribution in [3.63, 3.8) is 0 Å². The van der Waals surface area contributed by atoms with Gasteiger partial charge in [0, 0.05) is 24.6 Å². The number of methoxy groups -OCH3 is 2. The van der Waals surface area contributed by atoms with E-state index in [1.807, 2.05) is 20.8 Å². The third-order valence-corrected chi connectivity index (χ3v) is 4.08. The summed E-state index contributed by atoms with van der Waals surface area (Å²) >= 11 is 0. The van der Waals surface area contributed by atoms with Crippen molar-refractivity contribution in [3.8, 4) is 11.5 Å². The van der Waals surface area contributed by atoms with E-state index in [-0.39, 0.29) is 12.0 Å². The number of amides is 1. The van der Waals surface area contributed by atoms with Gasteiger partial charge in [-0.2, -0.15) is 0 Å². The summed E-state index contributed by atoms with van der Waals surface area (Å²) in [6, 6.07) is 5.34. The van der Waals surface area contributed by atoms with Crippen molar-refractivity contribution in [2.24, 2.45) is 5.92 Å². The number of carbonyl (C=O) groups excluding carboxylic acids is 1. The molecule has 1 N–H and O–H groups in total. The maximum atomic E-state index is 12.2. The number of hydrogen-bond acceptors (Lipinski definition) is 5. The molecule has 0 saturated carbocycles. The molecule has 0 aliphatic carbocycles. The number of ether oxygens (including phenoxy) is 3. The Kier molecular flexibility index (Phi) is 5.59. The zero-order valence-corrected chi connectivity index (χ0v) is 15.0. The highest BCUT2D eigenvalue weighted by Crippen LogP contribution is 2.37. The Balaban J connectivity index is 2.09. The highest BCUT2D eigenvalue weighted by atomic mass is 16.6. The summed E-state index contributed by atoms with van der Waals surface area (Å²) in [6.45, 7) is 6.55. The lowest BCUT2D eigenvalue weighted by atomic mass is 9.94. The van der Waals surface area contributed by atoms with E-state index in [0.29, 0.717) is 36.6 Å². The Hall–Kier alpha value is -1.95. The van der Waals surface area contributed by atoms with Gasteiger partial charge < -0.3 is 24.2 Å². The van der Waals surface area contributed by atoms with Crippen LogP contribution >= 0.6 is 0 Å². The second-order valence-corrected chi connectivity index (χ2v) is 7.03. The maximum absolute atomic E-state index is 12.2. The number of benzene rings is 1. The van der Waals surface area contributed by atoms with E-state index >= 15 is 0 Å². The van der Waals surface area contributed by atoms with Crippen LogP contribution in [0.25, 0.3) is 0 Å². The highest BCUT2D eigenvalue weighted by molar-refractivity contribution is 5.68. The Morgan fingerprint density at radius 2 is 2.00 bits per heavy atom. The lowest BCUT2D eigenvalue weighted by molar-refractivity contribution is 0.0267. The minimum Gasteiger partial charge on any atom is -0.497 e. The van der Waals surface area contributed by atoms with E-state index in [4.69, 9.17) is 14.2 Å². The molecule has 24 heavy (non-hydrogen) atoms. The molecule has 1 aromatic carbocycles. The summed E-state index contributed by atoms with van der Waals surface area (Å²) < 4.78 is 16.0. The summed E-state index contributed by atoms with van der Waals surface area (Å²) in [4.78, 5) is 13.8. The molecule has 1 heterocycles. The van der Waals surface area contributed by atoms with Crippen molar-refractivity contribution in [1.82, 2.24) is 4.90 Å². The molecule has 0 aromatic heterocycles. The number of aliphatic hydroxyl groups excluding tert-OH is 1. The summed E-state index contributed by atoms with van der Waals surface area (Å²) in [7, 11) is 3.15. The Bertz CT molecular complexity index is 581. The zero-order chi connectivity index (χ0) is 17.9. The van der Waals surface area contributed by atoms with Crippen molar-refractivity contribution >= 4 is 6.09 Å². The molecule has 1 fully saturated rings. The van der Waals surface area contributed by atoms with Gasteiger partial charge in [-0.3, -0.25) is 0 Å². The van der Waals surface area contributed by atoms with Gasteiger partial charge in [0.25, 0.3) is 0 Å². The van der Waals surface area contributed by atoms with E-state index < -0.39 is 11.7 Å². The van der Waals surface area contributed by atoms with Crippen molar-refractivity contribution in [3.05, 3.63) is 23.8 Å². The minimum absolute atomic E-state index is 0.0708. The molecule has 2 atom stereocenters. The second-order valence-electron chi connectivity index (χ2n) is 7.03. The molecule has 6 heteroatoms. The maximum Gasteiger partial charge on any atom is 0.410 e. The number of rotatable bonds is 4. The second kappa shape index (κ2) is 7.30. The topological polar surface area (TPSA) is 68.2 Å². The van der Waals surface area contributed by atoms with Gasteiger partial charge in [0.15, 0.2) is 0 Å². The Labute approximate surface area is 143 Å². The first kappa shape index (κ1) is 18.4. The standard InChI is InChI=1S/C18H27NO5/c1-18(2,3)24-17(21)19-9-8-12(11-19)16(20)14-10-13(22-4)6-7-15(14)23-5/h6-7,10,12,16,20H,8-9,11H2,1-5H3. The van der Waals surface area contributed by atoms with Gasteiger partial charge >= 0.3 is 6.09 Å². The van der Waals surface area contributed by atoms with Crippen LogP contribution < -0.4 is 9.47 Å². The predicted molar refractivity (Wildman–Crippen MR) is 90.4 cm³/mol. The van der Waals surface area contributed by atoms with E-state index in [9.17, 15) is 9.90 Å². The van der Waals surface area contributed by atoms with Crippen LogP contribution in [0.1, 0.15) is 38.9 Å². The average molecular weight is 337 g/mol. The van der Waals surface area contributed by atoms with Crippen molar-refractivity contribution in [2.45, 2.75) is 38.9 Å². The lowest BCUT2D eigenvalue weighted by Gasteiger charge is -2.25. The molecule has 6 nitrogen and oxygen atoms in total. The molecule has 2 rings (SSSR count). The molecule has 1 aliphatic rings. The van der Waals surface area contributed by atoms with E-state index in [2.05, 4.69) is 0 Å². The van der Waals surface area contributed by atoms with Crippen LogP contribution in [0.2, 0.25) is 0 Å². The van der Waals surface area contributed by atoms with Crippen LogP contribution in [0, 0.1) is 5.92 Å². The first-order valence-corrected chi connectivity index (χ1v) is 8.13. The molecule has 0 radical (unpaired) electrons. The van der Waals surface area contributed by atoms with Crippen LogP contribution in [0.15, 0.2) is 18.2 Å². The quantitative estimate of drug-likeness (QED) is 0.915. The van der Waals surface area contributed by atoms with Crippen LogP contribution in [-0.4, -0.2) is 49.0 Å². The van der Waals surface area contributed by atoms with Gasteiger partial charge in [-0.15, -0.1) is 0 Å². The van der Waals surface area contributed by atoms with Crippen molar-refractivity contribution < 1.29 is 24.1 Å². The highest BCUT2D eigenvalue weighted by Gasteiger charge is 2.35. The number of aliphatic hydroxyl groups is 1. The van der Waals surface area contributed by atoms with E-state index in [1.54, 1.807) is 37.3 Å². The van der Waals surface area contributed by atoms with E-state index in [1.165, 1.54) is 0 Å². The van der Waals surface area contributed by atoms with Crippen LogP contribution in [-0.2, 0) is 4.74 Å². The molecule has 134 valence electrons. The number of hydrogen-bond donors (Lipinski definition) is 1. The SMILES string of the molecule is COc1ccc(OC)c(C(O)C2CCN(C(=O)OC(C)(C)C)C2)c1. The molecule has 1 saturated heterocycles. The molecule has 1 aliphatic heterocycles. The van der Waals surface area contributed by atoms with Crippen LogP contribution in [0.4, 0.5) is 4.79 Å². The number of carbonyl (C=O) groups is 1. The monoisotopic (exact) mass is 337 g/mol. The average Bonchev–Trinajstić information content (AvgIpc) is 3.02. The minimum atomic E-state index is -0.734. The number of nitrogens with zero attached hydrogens (tertiary/aromatic N) is 1. The zero-order valence-electron chi connectivity index (χ0n) is 15.0. The molecule has 1 amide bonds. The molecular weight excluding hydrogens is 310 g/mol. The molecule has 0 bridgehead atoms. The lowest BCUT2D eigenvalue weighted by Crippen LogP contribution is -2.35. The third kappa shape index (κ3) is 4.32. The fraction of sp³-hybridized carbons (Fsp3) is 0.611. The first-order valence-electron chi connectivity index (χ1n) is 8.13. The predicted octanol–water partition coefficient (Wildman–Crippen LogP) is 2.99. The van der Waals surface area contributed by atoms with Gasteiger partial charge in [-0.1, -0.05) is 0 Å². The fourth-order valence-electron chi connectivity index (χ4n) is 2.86. The molecule has 0 spiro atoms. The van der Waals surface area contributed by atoms with Crippen LogP contribution in [0.3, 0.4) is 0 Å². The Morgan fingerprint density at radius 3 is 2.58 bits per heavy atom. The normalized spacial score (nSPS) is 19.1. The fourth-order valence-corrected chi connectivity index (χ4v) is 2.86. The van der Waals surface area contributed by atoms with Gasteiger partial charge in [-0.05, 0) is 45.4 Å². The largest absolute Gasteiger partial charge is 0.497 e.